The summed E-state index contributed by atoms with van der Waals surface area (Å²) in [6, 6.07) is 2.69. The van der Waals surface area contributed by atoms with E-state index in [0.29, 0.717) is 5.69 Å². The van der Waals surface area contributed by atoms with Gasteiger partial charge in [-0.1, -0.05) is 13.0 Å². The Morgan fingerprint density at radius 2 is 2.09 bits per heavy atom. The average Bonchev–Trinajstić information content (AvgIpc) is 2.92. The molecule has 124 valence electrons. The van der Waals surface area contributed by atoms with Gasteiger partial charge in [0.05, 0.1) is 17.4 Å². The number of urea groups is 1. The molecule has 0 aliphatic carbocycles. The zero-order valence-corrected chi connectivity index (χ0v) is 12.6. The third-order valence-electron chi connectivity index (χ3n) is 3.13. The van der Waals surface area contributed by atoms with Crippen LogP contribution in [-0.2, 0) is 6.54 Å². The van der Waals surface area contributed by atoms with E-state index in [1.54, 1.807) is 10.9 Å². The van der Waals surface area contributed by atoms with Crippen LogP contribution in [0, 0.1) is 11.6 Å². The fraction of sp³-hybridized carbons (Fsp3) is 0.333. The van der Waals surface area contributed by atoms with E-state index in [9.17, 15) is 18.7 Å². The van der Waals surface area contributed by atoms with E-state index in [2.05, 4.69) is 15.7 Å². The summed E-state index contributed by atoms with van der Waals surface area (Å²) in [6.45, 7) is 2.41. The number of hydrogen-bond donors (Lipinski definition) is 3. The van der Waals surface area contributed by atoms with E-state index in [-0.39, 0.29) is 6.54 Å². The number of halogens is 2. The first-order valence-electron chi connectivity index (χ1n) is 7.20. The molecule has 2 aromatic rings. The number of nitrogens with one attached hydrogen (secondary N) is 2. The Kier molecular flexibility index (Phi) is 5.64. The number of aliphatic hydroxyl groups is 1. The molecule has 0 fully saturated rings. The van der Waals surface area contributed by atoms with Crippen molar-refractivity contribution in [1.82, 2.24) is 15.1 Å². The van der Waals surface area contributed by atoms with Gasteiger partial charge in [-0.25, -0.2) is 13.6 Å². The van der Waals surface area contributed by atoms with E-state index in [1.807, 2.05) is 6.92 Å². The molecule has 0 aliphatic rings. The van der Waals surface area contributed by atoms with Crippen molar-refractivity contribution in [1.29, 1.82) is 0 Å². The molecule has 0 aliphatic heterocycles. The minimum atomic E-state index is -1.48. The van der Waals surface area contributed by atoms with Gasteiger partial charge in [-0.15, -0.1) is 0 Å². The summed E-state index contributed by atoms with van der Waals surface area (Å²) >= 11 is 0. The summed E-state index contributed by atoms with van der Waals surface area (Å²) in [5.41, 5.74) is 0.0195. The highest BCUT2D eigenvalue weighted by molar-refractivity contribution is 5.88. The highest BCUT2D eigenvalue weighted by Gasteiger charge is 2.18. The van der Waals surface area contributed by atoms with Gasteiger partial charge in [-0.3, -0.25) is 4.68 Å². The summed E-state index contributed by atoms with van der Waals surface area (Å²) in [6.07, 6.45) is 2.58. The molecular formula is C15H18F2N4O2. The quantitative estimate of drug-likeness (QED) is 0.763. The number of rotatable bonds is 6. The molecule has 6 nitrogen and oxygen atoms in total. The lowest BCUT2D eigenvalue weighted by Gasteiger charge is -2.14. The van der Waals surface area contributed by atoms with Gasteiger partial charge in [0.25, 0.3) is 0 Å². The topological polar surface area (TPSA) is 79.2 Å². The molecule has 0 saturated heterocycles. The molecule has 0 saturated carbocycles. The molecule has 23 heavy (non-hydrogen) atoms. The molecule has 1 aromatic carbocycles. The van der Waals surface area contributed by atoms with Gasteiger partial charge in [-0.05, 0) is 18.6 Å². The van der Waals surface area contributed by atoms with Crippen molar-refractivity contribution >= 4 is 11.7 Å². The van der Waals surface area contributed by atoms with Crippen LogP contribution in [0.4, 0.5) is 19.3 Å². The van der Waals surface area contributed by atoms with Gasteiger partial charge in [0, 0.05) is 19.3 Å². The van der Waals surface area contributed by atoms with Crippen LogP contribution in [0.1, 0.15) is 25.0 Å². The van der Waals surface area contributed by atoms with E-state index in [0.717, 1.165) is 25.1 Å². The monoisotopic (exact) mass is 324 g/mol. The second-order valence-corrected chi connectivity index (χ2v) is 4.98. The van der Waals surface area contributed by atoms with Crippen LogP contribution >= 0.6 is 0 Å². The van der Waals surface area contributed by atoms with Gasteiger partial charge < -0.3 is 15.7 Å². The highest BCUT2D eigenvalue weighted by Crippen LogP contribution is 2.19. The number of nitrogens with zero attached hydrogens (tertiary/aromatic N) is 2. The maximum absolute atomic E-state index is 13.5. The van der Waals surface area contributed by atoms with Crippen molar-refractivity contribution in [3.05, 3.63) is 47.8 Å². The number of anilines is 1. The predicted molar refractivity (Wildman–Crippen MR) is 80.9 cm³/mol. The van der Waals surface area contributed by atoms with Crippen LogP contribution in [0.25, 0.3) is 0 Å². The summed E-state index contributed by atoms with van der Waals surface area (Å²) in [7, 11) is 0. The van der Waals surface area contributed by atoms with Gasteiger partial charge >= 0.3 is 6.03 Å². The first-order chi connectivity index (χ1) is 11.0. The Balaban J connectivity index is 1.88. The molecule has 0 bridgehead atoms. The molecule has 1 aromatic heterocycles. The molecule has 8 heteroatoms. The number of aliphatic hydroxyl groups excluding tert-OH is 1. The van der Waals surface area contributed by atoms with Crippen molar-refractivity contribution in [3.63, 3.8) is 0 Å². The Morgan fingerprint density at radius 1 is 1.39 bits per heavy atom. The van der Waals surface area contributed by atoms with Crippen LogP contribution < -0.4 is 10.6 Å². The first-order valence-corrected chi connectivity index (χ1v) is 7.20. The highest BCUT2D eigenvalue weighted by atomic mass is 19.1. The van der Waals surface area contributed by atoms with Crippen molar-refractivity contribution in [2.75, 3.05) is 11.9 Å². The molecule has 2 amide bonds. The predicted octanol–water partition coefficient (Wildman–Crippen LogP) is 2.43. The second kappa shape index (κ2) is 7.68. The van der Waals surface area contributed by atoms with Crippen molar-refractivity contribution < 1.29 is 18.7 Å². The Morgan fingerprint density at radius 3 is 2.74 bits per heavy atom. The summed E-state index contributed by atoms with van der Waals surface area (Å²) < 4.78 is 28.7. The Bertz CT molecular complexity index is 655. The number of aromatic nitrogens is 2. The van der Waals surface area contributed by atoms with Crippen LogP contribution in [0.3, 0.4) is 0 Å². The van der Waals surface area contributed by atoms with E-state index in [4.69, 9.17) is 0 Å². The maximum atomic E-state index is 13.5. The Labute approximate surface area is 132 Å². The van der Waals surface area contributed by atoms with E-state index in [1.165, 1.54) is 12.3 Å². The van der Waals surface area contributed by atoms with E-state index < -0.39 is 29.3 Å². The fourth-order valence-electron chi connectivity index (χ4n) is 2.08. The first kappa shape index (κ1) is 16.9. The molecule has 1 atom stereocenters. The average molecular weight is 324 g/mol. The zero-order valence-electron chi connectivity index (χ0n) is 12.6. The fourth-order valence-corrected chi connectivity index (χ4v) is 2.08. The number of hydrogen-bond acceptors (Lipinski definition) is 3. The van der Waals surface area contributed by atoms with Crippen LogP contribution in [0.2, 0.25) is 0 Å². The van der Waals surface area contributed by atoms with Gasteiger partial charge in [0.15, 0.2) is 0 Å². The lowest BCUT2D eigenvalue weighted by Crippen LogP contribution is -2.32. The van der Waals surface area contributed by atoms with Crippen LogP contribution in [-0.4, -0.2) is 27.5 Å². The Hall–Kier alpha value is -2.48. The van der Waals surface area contributed by atoms with Gasteiger partial charge in [-0.2, -0.15) is 5.10 Å². The lowest BCUT2D eigenvalue weighted by molar-refractivity contribution is 0.166. The van der Waals surface area contributed by atoms with Crippen molar-refractivity contribution in [2.24, 2.45) is 0 Å². The van der Waals surface area contributed by atoms with Crippen LogP contribution in [0.5, 0.6) is 0 Å². The van der Waals surface area contributed by atoms with Gasteiger partial charge in [0.2, 0.25) is 0 Å². The molecule has 2 rings (SSSR count). The maximum Gasteiger partial charge on any atom is 0.319 e. The van der Waals surface area contributed by atoms with Crippen molar-refractivity contribution in [2.45, 2.75) is 26.0 Å². The number of carbonyl (C=O) groups is 1. The second-order valence-electron chi connectivity index (χ2n) is 4.98. The number of carbonyl (C=O) groups excluding carboxylic acids is 1. The molecule has 1 heterocycles. The lowest BCUT2D eigenvalue weighted by atomic mass is 10.1. The molecule has 0 spiro atoms. The third-order valence-corrected chi connectivity index (χ3v) is 3.13. The molecule has 0 radical (unpaired) electrons. The minimum absolute atomic E-state index is 0.327. The number of aryl methyl sites for hydroxylation is 1. The SMILES string of the molecule is CCCn1cc(NC(=O)NCC(O)c2c(F)cccc2F)cn1. The summed E-state index contributed by atoms with van der Waals surface area (Å²) in [5, 5.41) is 18.8. The zero-order chi connectivity index (χ0) is 16.8. The van der Waals surface area contributed by atoms with Gasteiger partial charge in [0.1, 0.15) is 17.7 Å². The molecular weight excluding hydrogens is 306 g/mol. The normalized spacial score (nSPS) is 12.0. The largest absolute Gasteiger partial charge is 0.386 e. The smallest absolute Gasteiger partial charge is 0.319 e. The molecule has 3 N–H and O–H groups in total. The van der Waals surface area contributed by atoms with E-state index >= 15 is 0 Å². The van der Waals surface area contributed by atoms with Crippen LogP contribution in [0.15, 0.2) is 30.6 Å². The number of amides is 2. The summed E-state index contributed by atoms with van der Waals surface area (Å²) in [4.78, 5) is 11.7. The minimum Gasteiger partial charge on any atom is -0.386 e. The standard InChI is InChI=1S/C15H18F2N4O2/c1-2-6-21-9-10(7-19-21)20-15(23)18-8-13(22)14-11(16)4-3-5-12(14)17/h3-5,7,9,13,22H,2,6,8H2,1H3,(H2,18,20,23). The molecule has 1 unspecified atom stereocenters. The third kappa shape index (κ3) is 4.49. The number of benzene rings is 1. The summed E-state index contributed by atoms with van der Waals surface area (Å²) in [5.74, 6) is -1.72. The van der Waals surface area contributed by atoms with Crippen molar-refractivity contribution in [3.8, 4) is 0 Å².